The molecule has 0 saturated heterocycles. The van der Waals surface area contributed by atoms with Crippen molar-refractivity contribution in [2.75, 3.05) is 0 Å². The Balaban J connectivity index is 2.02. The predicted octanol–water partition coefficient (Wildman–Crippen LogP) is 4.48. The van der Waals surface area contributed by atoms with Crippen LogP contribution in [0, 0.1) is 11.3 Å². The molecule has 0 radical (unpaired) electrons. The molecule has 1 aliphatic rings. The van der Waals surface area contributed by atoms with Gasteiger partial charge in [-0.15, -0.1) is 0 Å². The van der Waals surface area contributed by atoms with Crippen molar-refractivity contribution in [1.82, 2.24) is 0 Å². The van der Waals surface area contributed by atoms with Gasteiger partial charge >= 0.3 is 0 Å². The summed E-state index contributed by atoms with van der Waals surface area (Å²) in [6, 6.07) is 9.69. The summed E-state index contributed by atoms with van der Waals surface area (Å²) >= 11 is 0. The molecular weight excluding hydrogens is 208 g/mol. The maximum Gasteiger partial charge on any atom is 0.163 e. The molecule has 0 N–H and O–H groups in total. The normalized spacial score (nSPS) is 17.3. The first-order valence-corrected chi connectivity index (χ1v) is 6.68. The minimum absolute atomic E-state index is 0.156. The fraction of sp³-hybridized carbons (Fsp3) is 0.562. The first kappa shape index (κ1) is 12.3. The van der Waals surface area contributed by atoms with E-state index >= 15 is 0 Å². The highest BCUT2D eigenvalue weighted by molar-refractivity contribution is 5.96. The van der Waals surface area contributed by atoms with Crippen molar-refractivity contribution in [2.24, 2.45) is 11.3 Å². The molecule has 1 fully saturated rings. The van der Waals surface area contributed by atoms with Crippen LogP contribution in [-0.2, 0) is 0 Å². The quantitative estimate of drug-likeness (QED) is 0.697. The summed E-state index contributed by atoms with van der Waals surface area (Å²) < 4.78 is 0. The van der Waals surface area contributed by atoms with Gasteiger partial charge in [0.25, 0.3) is 0 Å². The average Bonchev–Trinajstić information content (AvgIpc) is 2.84. The first-order valence-electron chi connectivity index (χ1n) is 6.68. The van der Waals surface area contributed by atoms with E-state index in [0.29, 0.717) is 12.2 Å². The SMILES string of the molecule is CC(C)(CC(=O)c1ccccc1)C1CCCC1. The van der Waals surface area contributed by atoms with Crippen LogP contribution in [0.2, 0.25) is 0 Å². The van der Waals surface area contributed by atoms with Crippen LogP contribution in [0.4, 0.5) is 0 Å². The molecule has 0 heterocycles. The third-order valence-corrected chi connectivity index (χ3v) is 4.17. The van der Waals surface area contributed by atoms with Crippen LogP contribution >= 0.6 is 0 Å². The molecule has 0 aromatic heterocycles. The van der Waals surface area contributed by atoms with Crippen LogP contribution in [0.3, 0.4) is 0 Å². The fourth-order valence-corrected chi connectivity index (χ4v) is 2.99. The van der Waals surface area contributed by atoms with E-state index in [1.165, 1.54) is 25.7 Å². The maximum atomic E-state index is 12.2. The van der Waals surface area contributed by atoms with E-state index < -0.39 is 0 Å². The number of carbonyl (C=O) groups excluding carboxylic acids is 1. The van der Waals surface area contributed by atoms with Crippen molar-refractivity contribution < 1.29 is 4.79 Å². The number of hydrogen-bond acceptors (Lipinski definition) is 1. The van der Waals surface area contributed by atoms with Gasteiger partial charge in [0.1, 0.15) is 0 Å². The third-order valence-electron chi connectivity index (χ3n) is 4.17. The van der Waals surface area contributed by atoms with Crippen LogP contribution in [0.5, 0.6) is 0 Å². The Bertz CT molecular complexity index is 372. The van der Waals surface area contributed by atoms with Gasteiger partial charge in [-0.3, -0.25) is 4.79 Å². The van der Waals surface area contributed by atoms with Gasteiger partial charge in [0.15, 0.2) is 5.78 Å². The summed E-state index contributed by atoms with van der Waals surface area (Å²) in [5.41, 5.74) is 1.02. The lowest BCUT2D eigenvalue weighted by atomic mass is 9.73. The smallest absolute Gasteiger partial charge is 0.163 e. The summed E-state index contributed by atoms with van der Waals surface area (Å²) in [5.74, 6) is 1.03. The Morgan fingerprint density at radius 1 is 1.18 bits per heavy atom. The molecule has 0 aliphatic heterocycles. The zero-order valence-corrected chi connectivity index (χ0v) is 10.9. The number of hydrogen-bond donors (Lipinski definition) is 0. The van der Waals surface area contributed by atoms with Crippen LogP contribution in [0.25, 0.3) is 0 Å². The molecule has 17 heavy (non-hydrogen) atoms. The second kappa shape index (κ2) is 5.03. The molecule has 1 aromatic rings. The predicted molar refractivity (Wildman–Crippen MR) is 71.1 cm³/mol. The minimum Gasteiger partial charge on any atom is -0.294 e. The summed E-state index contributed by atoms with van der Waals surface area (Å²) in [6.45, 7) is 4.51. The Labute approximate surface area is 104 Å². The molecule has 0 bridgehead atoms. The lowest BCUT2D eigenvalue weighted by Crippen LogP contribution is -2.25. The third kappa shape index (κ3) is 2.96. The lowest BCUT2D eigenvalue weighted by molar-refractivity contribution is 0.0880. The topological polar surface area (TPSA) is 17.1 Å². The zero-order chi connectivity index (χ0) is 12.3. The van der Waals surface area contributed by atoms with Crippen LogP contribution in [0.1, 0.15) is 56.3 Å². The van der Waals surface area contributed by atoms with Gasteiger partial charge in [0.05, 0.1) is 0 Å². The highest BCUT2D eigenvalue weighted by Gasteiger charge is 2.33. The van der Waals surface area contributed by atoms with Crippen molar-refractivity contribution in [3.8, 4) is 0 Å². The summed E-state index contributed by atoms with van der Waals surface area (Å²) in [5, 5.41) is 0. The molecule has 1 aromatic carbocycles. The van der Waals surface area contributed by atoms with E-state index in [2.05, 4.69) is 13.8 Å². The van der Waals surface area contributed by atoms with Crippen LogP contribution in [-0.4, -0.2) is 5.78 Å². The van der Waals surface area contributed by atoms with Crippen molar-refractivity contribution in [2.45, 2.75) is 46.0 Å². The number of Topliss-reactive ketones (excluding diaryl/α,β-unsaturated/α-hetero) is 1. The van der Waals surface area contributed by atoms with E-state index in [-0.39, 0.29) is 5.41 Å². The van der Waals surface area contributed by atoms with Gasteiger partial charge in [0, 0.05) is 12.0 Å². The van der Waals surface area contributed by atoms with Gasteiger partial charge in [0.2, 0.25) is 0 Å². The average molecular weight is 230 g/mol. The number of rotatable bonds is 4. The van der Waals surface area contributed by atoms with Crippen molar-refractivity contribution in [1.29, 1.82) is 0 Å². The van der Waals surface area contributed by atoms with E-state index in [4.69, 9.17) is 0 Å². The maximum absolute atomic E-state index is 12.2. The summed E-state index contributed by atoms with van der Waals surface area (Å²) in [6.07, 6.45) is 5.97. The van der Waals surface area contributed by atoms with Crippen LogP contribution < -0.4 is 0 Å². The van der Waals surface area contributed by atoms with E-state index in [1.54, 1.807) is 0 Å². The molecule has 2 rings (SSSR count). The Hall–Kier alpha value is -1.11. The number of ketones is 1. The standard InChI is InChI=1S/C16H22O/c1-16(2,14-10-6-7-11-14)12-15(17)13-8-4-3-5-9-13/h3-5,8-9,14H,6-7,10-12H2,1-2H3. The number of benzene rings is 1. The monoisotopic (exact) mass is 230 g/mol. The van der Waals surface area contributed by atoms with Crippen molar-refractivity contribution >= 4 is 5.78 Å². The summed E-state index contributed by atoms with van der Waals surface area (Å²) in [7, 11) is 0. The molecule has 1 aliphatic carbocycles. The van der Waals surface area contributed by atoms with Gasteiger partial charge in [-0.2, -0.15) is 0 Å². The van der Waals surface area contributed by atoms with Crippen LogP contribution in [0.15, 0.2) is 30.3 Å². The highest BCUT2D eigenvalue weighted by Crippen LogP contribution is 2.42. The molecule has 0 atom stereocenters. The fourth-order valence-electron chi connectivity index (χ4n) is 2.99. The van der Waals surface area contributed by atoms with E-state index in [9.17, 15) is 4.79 Å². The Morgan fingerprint density at radius 3 is 2.35 bits per heavy atom. The second-order valence-electron chi connectivity index (χ2n) is 5.94. The van der Waals surface area contributed by atoms with E-state index in [1.807, 2.05) is 30.3 Å². The highest BCUT2D eigenvalue weighted by atomic mass is 16.1. The zero-order valence-electron chi connectivity index (χ0n) is 10.9. The van der Waals surface area contributed by atoms with Crippen molar-refractivity contribution in [3.05, 3.63) is 35.9 Å². The molecule has 1 saturated carbocycles. The molecule has 1 heteroatoms. The van der Waals surface area contributed by atoms with Gasteiger partial charge in [-0.25, -0.2) is 0 Å². The van der Waals surface area contributed by atoms with Gasteiger partial charge in [-0.05, 0) is 24.2 Å². The molecule has 92 valence electrons. The summed E-state index contributed by atoms with van der Waals surface area (Å²) in [4.78, 5) is 12.2. The lowest BCUT2D eigenvalue weighted by Gasteiger charge is -2.31. The first-order chi connectivity index (χ1) is 8.09. The number of carbonyl (C=O) groups is 1. The minimum atomic E-state index is 0.156. The molecule has 1 nitrogen and oxygen atoms in total. The van der Waals surface area contributed by atoms with Gasteiger partial charge < -0.3 is 0 Å². The largest absolute Gasteiger partial charge is 0.294 e. The second-order valence-corrected chi connectivity index (χ2v) is 5.94. The van der Waals surface area contributed by atoms with Gasteiger partial charge in [-0.1, -0.05) is 57.0 Å². The molecular formula is C16H22O. The molecule has 0 amide bonds. The Morgan fingerprint density at radius 2 is 1.76 bits per heavy atom. The Kier molecular flexibility index (Phi) is 3.66. The molecule has 0 spiro atoms. The molecule has 0 unspecified atom stereocenters. The van der Waals surface area contributed by atoms with Crippen molar-refractivity contribution in [3.63, 3.8) is 0 Å². The van der Waals surface area contributed by atoms with E-state index in [0.717, 1.165) is 11.5 Å².